The van der Waals surface area contributed by atoms with Gasteiger partial charge in [-0.25, -0.2) is 8.42 Å². The minimum Gasteiger partial charge on any atom is -0.207 e. The molecule has 0 aliphatic heterocycles. The topological polar surface area (TPSA) is 34.1 Å². The minimum absolute atomic E-state index is 0.119. The van der Waals surface area contributed by atoms with Crippen LogP contribution >= 0.6 is 10.7 Å². The lowest BCUT2D eigenvalue weighted by Crippen LogP contribution is -1.97. The zero-order valence-corrected chi connectivity index (χ0v) is 17.4. The number of rotatable bonds is 7. The van der Waals surface area contributed by atoms with E-state index in [0.29, 0.717) is 0 Å². The molecular formula is C24H23ClO2S. The molecule has 0 amide bonds. The molecule has 0 heterocycles. The third-order valence-corrected chi connectivity index (χ3v) is 6.06. The van der Waals surface area contributed by atoms with Crippen LogP contribution in [-0.2, 0) is 9.05 Å². The van der Waals surface area contributed by atoms with E-state index in [1.807, 2.05) is 48.5 Å². The highest BCUT2D eigenvalue weighted by molar-refractivity contribution is 8.13. The third-order valence-electron chi connectivity index (χ3n) is 4.69. The van der Waals surface area contributed by atoms with Gasteiger partial charge in [-0.1, -0.05) is 86.1 Å². The quantitative estimate of drug-likeness (QED) is 0.318. The van der Waals surface area contributed by atoms with Crippen molar-refractivity contribution in [3.63, 3.8) is 0 Å². The first kappa shape index (κ1) is 20.4. The smallest absolute Gasteiger partial charge is 0.207 e. The van der Waals surface area contributed by atoms with Gasteiger partial charge in [0.15, 0.2) is 0 Å². The maximum Gasteiger partial charge on any atom is 0.261 e. The van der Waals surface area contributed by atoms with Crippen molar-refractivity contribution >= 4 is 30.9 Å². The molecule has 3 rings (SSSR count). The number of hydrogen-bond donors (Lipinski definition) is 0. The number of hydrogen-bond acceptors (Lipinski definition) is 2. The number of unbranched alkanes of at least 4 members (excludes halogenated alkanes) is 1. The second-order valence-electron chi connectivity index (χ2n) is 6.65. The van der Waals surface area contributed by atoms with Crippen molar-refractivity contribution in [2.24, 2.45) is 0 Å². The van der Waals surface area contributed by atoms with Gasteiger partial charge < -0.3 is 0 Å². The first-order valence-corrected chi connectivity index (χ1v) is 11.7. The summed E-state index contributed by atoms with van der Waals surface area (Å²) in [6.07, 6.45) is 3.03. The summed E-state index contributed by atoms with van der Waals surface area (Å²) in [7, 11) is 1.76. The fourth-order valence-corrected chi connectivity index (χ4v) is 4.08. The molecule has 0 N–H and O–H groups in total. The van der Waals surface area contributed by atoms with Gasteiger partial charge in [0.05, 0.1) is 4.90 Å². The van der Waals surface area contributed by atoms with Gasteiger partial charge in [0.25, 0.3) is 9.05 Å². The maximum absolute atomic E-state index is 11.6. The Labute approximate surface area is 171 Å². The Balaban J connectivity index is 2.23. The summed E-state index contributed by atoms with van der Waals surface area (Å²) in [6, 6.07) is 27.5. The molecular weight excluding hydrogens is 388 g/mol. The molecule has 0 aliphatic carbocycles. The van der Waals surface area contributed by atoms with Crippen molar-refractivity contribution in [2.75, 3.05) is 0 Å². The van der Waals surface area contributed by atoms with Crippen molar-refractivity contribution in [3.8, 4) is 0 Å². The van der Waals surface area contributed by atoms with E-state index in [9.17, 15) is 8.42 Å². The van der Waals surface area contributed by atoms with Crippen molar-refractivity contribution in [2.45, 2.75) is 31.1 Å². The van der Waals surface area contributed by atoms with Crippen LogP contribution in [0, 0.1) is 0 Å². The highest BCUT2D eigenvalue weighted by Gasteiger charge is 2.15. The highest BCUT2D eigenvalue weighted by atomic mass is 35.7. The van der Waals surface area contributed by atoms with E-state index in [-0.39, 0.29) is 4.90 Å². The molecule has 28 heavy (non-hydrogen) atoms. The molecule has 3 aromatic rings. The monoisotopic (exact) mass is 410 g/mol. The standard InChI is InChI=1S/C24H23ClO2S/c1-2-3-14-23(19-15-17-22(18-16-19)28(25,26)27)24(20-10-6-4-7-11-20)21-12-8-5-9-13-21/h4-13,15-18H,2-3,14H2,1H3. The molecule has 0 spiro atoms. The molecule has 4 heteroatoms. The van der Waals surface area contributed by atoms with Gasteiger partial charge in [0, 0.05) is 10.7 Å². The van der Waals surface area contributed by atoms with Gasteiger partial charge in [0.1, 0.15) is 0 Å². The Bertz CT molecular complexity index is 997. The first-order valence-electron chi connectivity index (χ1n) is 9.40. The van der Waals surface area contributed by atoms with Gasteiger partial charge >= 0.3 is 0 Å². The van der Waals surface area contributed by atoms with Crippen LogP contribution in [0.2, 0.25) is 0 Å². The highest BCUT2D eigenvalue weighted by Crippen LogP contribution is 2.35. The van der Waals surface area contributed by atoms with Gasteiger partial charge in [0.2, 0.25) is 0 Å². The summed E-state index contributed by atoms with van der Waals surface area (Å²) in [5, 5.41) is 0. The van der Waals surface area contributed by atoms with Crippen LogP contribution in [0.5, 0.6) is 0 Å². The van der Waals surface area contributed by atoms with E-state index in [1.165, 1.54) is 11.1 Å². The Morgan fingerprint density at radius 3 is 1.68 bits per heavy atom. The molecule has 0 saturated carbocycles. The summed E-state index contributed by atoms with van der Waals surface area (Å²) < 4.78 is 23.2. The average molecular weight is 411 g/mol. The number of halogens is 1. The second-order valence-corrected chi connectivity index (χ2v) is 9.22. The third kappa shape index (κ3) is 4.92. The Kier molecular flexibility index (Phi) is 6.71. The van der Waals surface area contributed by atoms with E-state index in [1.54, 1.807) is 12.1 Å². The van der Waals surface area contributed by atoms with Crippen molar-refractivity contribution in [1.29, 1.82) is 0 Å². The fourth-order valence-electron chi connectivity index (χ4n) is 3.31. The second kappa shape index (κ2) is 9.22. The van der Waals surface area contributed by atoms with E-state index in [0.717, 1.165) is 36.0 Å². The predicted octanol–water partition coefficient (Wildman–Crippen LogP) is 6.76. The van der Waals surface area contributed by atoms with E-state index < -0.39 is 9.05 Å². The molecule has 0 atom stereocenters. The van der Waals surface area contributed by atoms with Crippen LogP contribution in [-0.4, -0.2) is 8.42 Å². The van der Waals surface area contributed by atoms with Crippen molar-refractivity contribution in [3.05, 3.63) is 102 Å². The molecule has 0 fully saturated rings. The lowest BCUT2D eigenvalue weighted by atomic mass is 9.87. The molecule has 2 nitrogen and oxygen atoms in total. The summed E-state index contributed by atoms with van der Waals surface area (Å²) in [5.74, 6) is 0. The van der Waals surface area contributed by atoms with Gasteiger partial charge in [-0.2, -0.15) is 0 Å². The fraction of sp³-hybridized carbons (Fsp3) is 0.167. The molecule has 0 bridgehead atoms. The molecule has 0 unspecified atom stereocenters. The normalized spacial score (nSPS) is 11.2. The van der Waals surface area contributed by atoms with E-state index in [4.69, 9.17) is 10.7 Å². The van der Waals surface area contributed by atoms with Crippen LogP contribution < -0.4 is 0 Å². The lowest BCUT2D eigenvalue weighted by Gasteiger charge is -2.17. The van der Waals surface area contributed by atoms with Gasteiger partial charge in [-0.15, -0.1) is 0 Å². The van der Waals surface area contributed by atoms with E-state index in [2.05, 4.69) is 31.2 Å². The molecule has 3 aromatic carbocycles. The largest absolute Gasteiger partial charge is 0.261 e. The summed E-state index contributed by atoms with van der Waals surface area (Å²) in [5.41, 5.74) is 5.69. The van der Waals surface area contributed by atoms with Crippen LogP contribution in [0.25, 0.3) is 11.1 Å². The summed E-state index contributed by atoms with van der Waals surface area (Å²) >= 11 is 0. The Morgan fingerprint density at radius 1 is 0.750 bits per heavy atom. The average Bonchev–Trinajstić information content (AvgIpc) is 2.72. The van der Waals surface area contributed by atoms with Gasteiger partial charge in [-0.3, -0.25) is 0 Å². The SMILES string of the molecule is CCCCC(=C(c1ccccc1)c1ccccc1)c1ccc(S(=O)(=O)Cl)cc1. The van der Waals surface area contributed by atoms with Crippen LogP contribution in [0.15, 0.2) is 89.8 Å². The van der Waals surface area contributed by atoms with Crippen LogP contribution in [0.1, 0.15) is 42.9 Å². The van der Waals surface area contributed by atoms with Crippen molar-refractivity contribution in [1.82, 2.24) is 0 Å². The summed E-state index contributed by atoms with van der Waals surface area (Å²) in [6.45, 7) is 2.17. The molecule has 0 saturated heterocycles. The lowest BCUT2D eigenvalue weighted by molar-refractivity contribution is 0.609. The zero-order valence-electron chi connectivity index (χ0n) is 15.8. The summed E-state index contributed by atoms with van der Waals surface area (Å²) in [4.78, 5) is 0.119. The maximum atomic E-state index is 11.6. The minimum atomic E-state index is -3.73. The zero-order chi connectivity index (χ0) is 20.0. The predicted molar refractivity (Wildman–Crippen MR) is 118 cm³/mol. The van der Waals surface area contributed by atoms with Crippen LogP contribution in [0.4, 0.5) is 0 Å². The molecule has 144 valence electrons. The molecule has 0 aromatic heterocycles. The Morgan fingerprint density at radius 2 is 1.25 bits per heavy atom. The number of benzene rings is 3. The molecule has 0 radical (unpaired) electrons. The molecule has 0 aliphatic rings. The Hall–Kier alpha value is -2.36. The van der Waals surface area contributed by atoms with Crippen molar-refractivity contribution < 1.29 is 8.42 Å². The van der Waals surface area contributed by atoms with Gasteiger partial charge in [-0.05, 0) is 52.8 Å². The first-order chi connectivity index (χ1) is 13.5. The number of allylic oxidation sites excluding steroid dienone is 1. The van der Waals surface area contributed by atoms with E-state index >= 15 is 0 Å². The van der Waals surface area contributed by atoms with Crippen LogP contribution in [0.3, 0.4) is 0 Å².